The van der Waals surface area contributed by atoms with Crippen LogP contribution in [0.3, 0.4) is 0 Å². The molecule has 336 valence electrons. The highest BCUT2D eigenvalue weighted by atomic mass is 35.5. The van der Waals surface area contributed by atoms with Crippen LogP contribution in [0.1, 0.15) is 61.9 Å². The lowest BCUT2D eigenvalue weighted by atomic mass is 9.72. The minimum Gasteiger partial charge on any atom is -0.474 e. The Kier molecular flexibility index (Phi) is 12.3. The standard InChI is InChI=1S/C47H53ClN8O7S/c1-47(2)15-11-34(39(28-47)32-3-5-35(48)6-4-32)30-53-17-19-54(20-18-53)36-7-9-38(41(26-36)55-21-24-63-46-43(55)25-33-12-16-49-44(33)51-46)45(57)52-64(60,61)37-8-10-40(42(27-37)56(58)59)50-29-31-13-22-62-23-14-31/h3-10,12,16,25-27,31,50H,11,13-15,17-24,28-30H2,1-2H3,(H,49,51)(H,52,57). The molecule has 17 heteroatoms. The number of ether oxygens (including phenoxy) is 2. The van der Waals surface area contributed by atoms with Gasteiger partial charge in [-0.2, -0.15) is 4.98 Å². The molecule has 64 heavy (non-hydrogen) atoms. The maximum absolute atomic E-state index is 14.3. The number of anilines is 4. The predicted octanol–water partition coefficient (Wildman–Crippen LogP) is 8.40. The van der Waals surface area contributed by atoms with Crippen LogP contribution in [0.2, 0.25) is 5.02 Å². The third-order valence-corrected chi connectivity index (χ3v) is 14.6. The Morgan fingerprint density at radius 2 is 1.75 bits per heavy atom. The molecule has 0 saturated carbocycles. The number of H-pyrrole nitrogens is 1. The molecule has 2 fully saturated rings. The fraction of sp³-hybridized carbons (Fsp3) is 0.404. The van der Waals surface area contributed by atoms with Crippen molar-refractivity contribution in [2.24, 2.45) is 11.3 Å². The van der Waals surface area contributed by atoms with Crippen LogP contribution in [-0.2, 0) is 14.8 Å². The number of nitrogens with zero attached hydrogens (tertiary/aromatic N) is 5. The minimum absolute atomic E-state index is 0.110. The zero-order valence-electron chi connectivity index (χ0n) is 36.1. The van der Waals surface area contributed by atoms with E-state index in [0.717, 1.165) is 87.0 Å². The number of hydrogen-bond acceptors (Lipinski definition) is 12. The summed E-state index contributed by atoms with van der Waals surface area (Å²) in [6, 6.07) is 21.1. The Balaban J connectivity index is 0.975. The van der Waals surface area contributed by atoms with Gasteiger partial charge >= 0.3 is 0 Å². The number of fused-ring (bicyclic) bond motifs is 2. The van der Waals surface area contributed by atoms with Crippen molar-refractivity contribution in [3.05, 3.63) is 111 Å². The van der Waals surface area contributed by atoms with Crippen molar-refractivity contribution in [2.45, 2.75) is 50.8 Å². The van der Waals surface area contributed by atoms with E-state index < -0.39 is 31.4 Å². The van der Waals surface area contributed by atoms with Gasteiger partial charge in [-0.3, -0.25) is 19.8 Å². The van der Waals surface area contributed by atoms with Gasteiger partial charge in [0.2, 0.25) is 5.88 Å². The molecule has 0 atom stereocenters. The van der Waals surface area contributed by atoms with Gasteiger partial charge in [-0.15, -0.1) is 0 Å². The molecule has 1 aliphatic carbocycles. The van der Waals surface area contributed by atoms with Crippen LogP contribution in [0.25, 0.3) is 16.6 Å². The summed E-state index contributed by atoms with van der Waals surface area (Å²) in [7, 11) is -4.56. The number of hydrogen-bond donors (Lipinski definition) is 3. The van der Waals surface area contributed by atoms with Gasteiger partial charge in [-0.1, -0.05) is 43.2 Å². The van der Waals surface area contributed by atoms with E-state index in [-0.39, 0.29) is 29.2 Å². The summed E-state index contributed by atoms with van der Waals surface area (Å²) in [6.07, 6.45) is 6.65. The molecule has 0 radical (unpaired) electrons. The van der Waals surface area contributed by atoms with Crippen molar-refractivity contribution in [1.82, 2.24) is 19.6 Å². The van der Waals surface area contributed by atoms with E-state index in [1.165, 1.54) is 28.8 Å². The predicted molar refractivity (Wildman–Crippen MR) is 249 cm³/mol. The van der Waals surface area contributed by atoms with E-state index in [2.05, 4.69) is 50.8 Å². The monoisotopic (exact) mass is 908 g/mol. The summed E-state index contributed by atoms with van der Waals surface area (Å²) in [4.78, 5) is 40.0. The van der Waals surface area contributed by atoms with Gasteiger partial charge in [0.15, 0.2) is 0 Å². The molecule has 0 unspecified atom stereocenters. The lowest BCUT2D eigenvalue weighted by Crippen LogP contribution is -2.47. The normalized spacial score (nSPS) is 18.4. The Morgan fingerprint density at radius 3 is 2.52 bits per heavy atom. The number of allylic oxidation sites excluding steroid dienone is 1. The number of nitro benzene ring substituents is 1. The number of nitrogens with one attached hydrogen (secondary N) is 3. The number of pyridine rings is 1. The highest BCUT2D eigenvalue weighted by molar-refractivity contribution is 7.90. The van der Waals surface area contributed by atoms with Gasteiger partial charge < -0.3 is 29.6 Å². The lowest BCUT2D eigenvalue weighted by molar-refractivity contribution is -0.384. The summed E-state index contributed by atoms with van der Waals surface area (Å²) >= 11 is 6.26. The lowest BCUT2D eigenvalue weighted by Gasteiger charge is -2.39. The average molecular weight is 910 g/mol. The summed E-state index contributed by atoms with van der Waals surface area (Å²) in [5.74, 6) is -0.216. The number of aromatic amines is 1. The first-order valence-corrected chi connectivity index (χ1v) is 23.8. The van der Waals surface area contributed by atoms with Crippen molar-refractivity contribution in [2.75, 3.05) is 80.8 Å². The molecule has 3 N–H and O–H groups in total. The molecule has 1 amide bonds. The number of sulfonamides is 1. The quantitative estimate of drug-likeness (QED) is 0.0807. The van der Waals surface area contributed by atoms with Crippen LogP contribution in [0, 0.1) is 21.4 Å². The van der Waals surface area contributed by atoms with Crippen LogP contribution in [0.5, 0.6) is 5.88 Å². The van der Waals surface area contributed by atoms with E-state index >= 15 is 0 Å². The van der Waals surface area contributed by atoms with Crippen LogP contribution in [0.4, 0.5) is 28.4 Å². The molecular formula is C47H53ClN8O7S. The first-order chi connectivity index (χ1) is 30.8. The number of piperazine rings is 1. The first kappa shape index (κ1) is 43.6. The Labute approximate surface area is 378 Å². The SMILES string of the molecule is CC1(C)CCC(CN2CCN(c3ccc(C(=O)NS(=O)(=O)c4ccc(NCC5CCOCC5)c([N+](=O)[O-])c4)c(N4CCOc5nc6[nH]ccc6cc54)c3)CC2)=C(c2ccc(Cl)cc2)C1. The molecule has 5 heterocycles. The number of carbonyl (C=O) groups is 1. The maximum Gasteiger partial charge on any atom is 0.293 e. The summed E-state index contributed by atoms with van der Waals surface area (Å²) in [5, 5.41) is 16.9. The van der Waals surface area contributed by atoms with Crippen LogP contribution in [0.15, 0.2) is 89.5 Å². The second-order valence-corrected chi connectivity index (χ2v) is 20.0. The van der Waals surface area contributed by atoms with Crippen molar-refractivity contribution in [1.29, 1.82) is 0 Å². The molecule has 3 aliphatic heterocycles. The Morgan fingerprint density at radius 1 is 0.969 bits per heavy atom. The molecule has 3 aromatic carbocycles. The fourth-order valence-corrected chi connectivity index (χ4v) is 10.4. The summed E-state index contributed by atoms with van der Waals surface area (Å²) in [5.41, 5.74) is 6.93. The Hall–Kier alpha value is -5.68. The molecular weight excluding hydrogens is 856 g/mol. The second-order valence-electron chi connectivity index (χ2n) is 17.9. The Bertz CT molecular complexity index is 2710. The zero-order valence-corrected chi connectivity index (χ0v) is 37.6. The summed E-state index contributed by atoms with van der Waals surface area (Å²) in [6.45, 7) is 11.1. The fourth-order valence-electron chi connectivity index (χ4n) is 9.31. The minimum atomic E-state index is -4.56. The van der Waals surface area contributed by atoms with Crippen LogP contribution < -0.4 is 24.6 Å². The van der Waals surface area contributed by atoms with E-state index in [9.17, 15) is 23.3 Å². The van der Waals surface area contributed by atoms with Crippen molar-refractivity contribution >= 4 is 72.6 Å². The topological polar surface area (TPSA) is 175 Å². The number of aromatic nitrogens is 2. The van der Waals surface area contributed by atoms with Gasteiger partial charge in [-0.25, -0.2) is 13.1 Å². The molecule has 0 bridgehead atoms. The number of halogens is 1. The highest BCUT2D eigenvalue weighted by Gasteiger charge is 2.32. The molecule has 5 aromatic rings. The van der Waals surface area contributed by atoms with Crippen LogP contribution >= 0.6 is 11.6 Å². The molecule has 9 rings (SSSR count). The molecule has 2 aromatic heterocycles. The third-order valence-electron chi connectivity index (χ3n) is 13.0. The van der Waals surface area contributed by atoms with E-state index in [1.807, 2.05) is 41.3 Å². The second kappa shape index (κ2) is 18.1. The van der Waals surface area contributed by atoms with Crippen molar-refractivity contribution < 1.29 is 27.6 Å². The summed E-state index contributed by atoms with van der Waals surface area (Å²) < 4.78 is 41.4. The average Bonchev–Trinajstić information content (AvgIpc) is 3.76. The molecule has 0 spiro atoms. The molecule has 15 nitrogen and oxygen atoms in total. The van der Waals surface area contributed by atoms with E-state index in [0.29, 0.717) is 49.2 Å². The third kappa shape index (κ3) is 9.41. The zero-order chi connectivity index (χ0) is 44.6. The highest BCUT2D eigenvalue weighted by Crippen LogP contribution is 2.44. The number of rotatable bonds is 12. The van der Waals surface area contributed by atoms with Crippen molar-refractivity contribution in [3.63, 3.8) is 0 Å². The van der Waals surface area contributed by atoms with Gasteiger partial charge in [-0.05, 0) is 109 Å². The van der Waals surface area contributed by atoms with Crippen LogP contribution in [-0.4, -0.2) is 99.8 Å². The molecule has 2 saturated heterocycles. The number of amides is 1. The van der Waals surface area contributed by atoms with Gasteiger partial charge in [0.1, 0.15) is 23.6 Å². The van der Waals surface area contributed by atoms with Gasteiger partial charge in [0.05, 0.1) is 27.6 Å². The van der Waals surface area contributed by atoms with E-state index in [1.54, 1.807) is 12.3 Å². The number of nitro groups is 1. The smallest absolute Gasteiger partial charge is 0.293 e. The maximum atomic E-state index is 14.3. The van der Waals surface area contributed by atoms with Gasteiger partial charge in [0, 0.05) is 80.8 Å². The first-order valence-electron chi connectivity index (χ1n) is 21.9. The number of benzene rings is 3. The van der Waals surface area contributed by atoms with Crippen molar-refractivity contribution in [3.8, 4) is 5.88 Å². The van der Waals surface area contributed by atoms with Gasteiger partial charge in [0.25, 0.3) is 21.6 Å². The molecule has 4 aliphatic rings. The largest absolute Gasteiger partial charge is 0.474 e. The van der Waals surface area contributed by atoms with E-state index in [4.69, 9.17) is 26.1 Å². The number of carbonyl (C=O) groups excluding carboxylic acids is 1.